The number of methoxy groups -OCH3 is 1. The molecular formula is C33H39NO12. The lowest BCUT2D eigenvalue weighted by atomic mass is 9.74. The van der Waals surface area contributed by atoms with Crippen LogP contribution in [0.5, 0.6) is 11.5 Å². The third-order valence-electron chi connectivity index (χ3n) is 10.3. The zero-order valence-corrected chi connectivity index (χ0v) is 25.6. The Labute approximate surface area is 265 Å². The van der Waals surface area contributed by atoms with Crippen LogP contribution >= 0.6 is 0 Å². The fourth-order valence-electron chi connectivity index (χ4n) is 8.09. The van der Waals surface area contributed by atoms with Gasteiger partial charge in [-0.2, -0.15) is 0 Å². The first-order valence-electron chi connectivity index (χ1n) is 15.6. The molecule has 0 saturated carbocycles. The molecule has 3 N–H and O–H groups in total. The molecule has 0 radical (unpaired) electrons. The molecule has 5 heterocycles. The Balaban J connectivity index is 1.08. The number of hydrogen-bond donors (Lipinski definition) is 3. The zero-order chi connectivity index (χ0) is 32.2. The van der Waals surface area contributed by atoms with E-state index in [1.165, 1.54) is 0 Å². The van der Waals surface area contributed by atoms with Gasteiger partial charge in [0, 0.05) is 25.4 Å². The maximum Gasteiger partial charge on any atom is 0.351 e. The smallest absolute Gasteiger partial charge is 0.351 e. The van der Waals surface area contributed by atoms with Gasteiger partial charge in [-0.25, -0.2) is 4.79 Å². The lowest BCUT2D eigenvalue weighted by Gasteiger charge is -2.41. The van der Waals surface area contributed by atoms with Crippen LogP contribution in [0.4, 0.5) is 0 Å². The van der Waals surface area contributed by atoms with Crippen molar-refractivity contribution in [3.8, 4) is 11.5 Å². The Morgan fingerprint density at radius 3 is 2.61 bits per heavy atom. The fourth-order valence-corrected chi connectivity index (χ4v) is 8.09. The van der Waals surface area contributed by atoms with E-state index in [2.05, 4.69) is 17.5 Å². The van der Waals surface area contributed by atoms with Crippen molar-refractivity contribution in [1.82, 2.24) is 4.90 Å². The lowest BCUT2D eigenvalue weighted by Crippen LogP contribution is -2.54. The Kier molecular flexibility index (Phi) is 8.10. The van der Waals surface area contributed by atoms with Crippen LogP contribution in [0.1, 0.15) is 36.3 Å². The molecule has 5 aliphatic heterocycles. The maximum absolute atomic E-state index is 13.6. The first-order chi connectivity index (χ1) is 22.3. The molecule has 6 aliphatic rings. The monoisotopic (exact) mass is 641 g/mol. The minimum atomic E-state index is -1.47. The average Bonchev–Trinajstić information content (AvgIpc) is 3.76. The van der Waals surface area contributed by atoms with E-state index in [1.807, 2.05) is 12.1 Å². The molecule has 248 valence electrons. The van der Waals surface area contributed by atoms with Gasteiger partial charge < -0.3 is 48.5 Å². The lowest BCUT2D eigenvalue weighted by molar-refractivity contribution is -0.208. The van der Waals surface area contributed by atoms with Crippen LogP contribution in [-0.4, -0.2) is 115 Å². The number of aliphatic hydroxyl groups excluding tert-OH is 3. The molecule has 7 rings (SSSR count). The largest absolute Gasteiger partial charge is 0.501 e. The van der Waals surface area contributed by atoms with Gasteiger partial charge in [0.25, 0.3) is 0 Å². The molecule has 3 saturated heterocycles. The summed E-state index contributed by atoms with van der Waals surface area (Å²) in [5, 5.41) is 29.2. The molecule has 0 aromatic heterocycles. The van der Waals surface area contributed by atoms with Crippen molar-refractivity contribution in [2.45, 2.75) is 67.3 Å². The molecule has 1 aliphatic carbocycles. The summed E-state index contributed by atoms with van der Waals surface area (Å²) >= 11 is 0. The van der Waals surface area contributed by atoms with E-state index >= 15 is 0 Å². The summed E-state index contributed by atoms with van der Waals surface area (Å²) in [5.74, 6) is 0.553. The normalized spacial score (nSPS) is 35.9. The van der Waals surface area contributed by atoms with E-state index in [4.69, 9.17) is 33.2 Å². The van der Waals surface area contributed by atoms with Gasteiger partial charge in [0.05, 0.1) is 38.2 Å². The molecule has 1 aromatic rings. The van der Waals surface area contributed by atoms with Crippen molar-refractivity contribution in [2.24, 2.45) is 5.92 Å². The number of carbonyl (C=O) groups excluding carboxylic acids is 2. The second kappa shape index (κ2) is 12.0. The second-order valence-electron chi connectivity index (χ2n) is 12.5. The Morgan fingerprint density at radius 1 is 1.15 bits per heavy atom. The number of cyclic esters (lactones) is 1. The number of carbonyl (C=O) groups is 2. The summed E-state index contributed by atoms with van der Waals surface area (Å²) < 4.78 is 39.6. The van der Waals surface area contributed by atoms with Crippen LogP contribution in [0.25, 0.3) is 0 Å². The van der Waals surface area contributed by atoms with Crippen molar-refractivity contribution < 1.29 is 58.1 Å². The highest BCUT2D eigenvalue weighted by Crippen LogP contribution is 2.60. The maximum atomic E-state index is 13.6. The molecule has 0 amide bonds. The van der Waals surface area contributed by atoms with Gasteiger partial charge in [0.2, 0.25) is 12.4 Å². The van der Waals surface area contributed by atoms with E-state index in [-0.39, 0.29) is 44.7 Å². The third kappa shape index (κ3) is 4.75. The number of aliphatic hydroxyl groups is 3. The van der Waals surface area contributed by atoms with Gasteiger partial charge in [-0.1, -0.05) is 18.2 Å². The minimum absolute atomic E-state index is 0.00483. The number of hydrogen-bond acceptors (Lipinski definition) is 13. The molecule has 46 heavy (non-hydrogen) atoms. The molecule has 0 spiro atoms. The molecule has 3 fully saturated rings. The van der Waals surface area contributed by atoms with Crippen molar-refractivity contribution in [3.05, 3.63) is 59.4 Å². The summed E-state index contributed by atoms with van der Waals surface area (Å²) in [5.41, 5.74) is 1.39. The highest BCUT2D eigenvalue weighted by molar-refractivity contribution is 5.93. The predicted molar refractivity (Wildman–Crippen MR) is 158 cm³/mol. The highest BCUT2D eigenvalue weighted by atomic mass is 16.7. The minimum Gasteiger partial charge on any atom is -0.501 e. The summed E-state index contributed by atoms with van der Waals surface area (Å²) in [6.45, 7) is 5.67. The highest BCUT2D eigenvalue weighted by Gasteiger charge is 2.61. The number of rotatable bonds is 11. The first-order valence-corrected chi connectivity index (χ1v) is 15.6. The Bertz CT molecular complexity index is 1460. The summed E-state index contributed by atoms with van der Waals surface area (Å²) in [6.07, 6.45) is 2.16. The van der Waals surface area contributed by atoms with Gasteiger partial charge in [0.1, 0.15) is 30.7 Å². The molecule has 13 heteroatoms. The molecule has 8 atom stereocenters. The Morgan fingerprint density at radius 2 is 1.91 bits per heavy atom. The van der Waals surface area contributed by atoms with Crippen molar-refractivity contribution in [3.63, 3.8) is 0 Å². The molecule has 13 nitrogen and oxygen atoms in total. The van der Waals surface area contributed by atoms with Crippen molar-refractivity contribution >= 4 is 11.9 Å². The van der Waals surface area contributed by atoms with Gasteiger partial charge in [-0.05, 0) is 41.7 Å². The number of ether oxygens (including phenoxy) is 7. The standard InChI is InChI=1S/C33H39NO12/c1-3-33-21-7-10-34(33)9-6-18-12-22-23(44-17-43-22)13-19(18)26(33)20(29(21)40-2)16-42-31(39)32(14-25(36)46-32)8-4-5-11-41-30-28(38)27(37)24(15-35)45-30/h3-5,12-13,20,24,26-28,30,35,37-38H,1,6-11,14-17H2,2H3/b5-4+/t20-,24?,26+,27?,28?,30?,32+,33+/m0/s1. The van der Waals surface area contributed by atoms with E-state index in [1.54, 1.807) is 19.3 Å². The van der Waals surface area contributed by atoms with Crippen LogP contribution in [0.3, 0.4) is 0 Å². The third-order valence-corrected chi connectivity index (χ3v) is 10.3. The van der Waals surface area contributed by atoms with E-state index in [0.717, 1.165) is 54.1 Å². The van der Waals surface area contributed by atoms with Crippen molar-refractivity contribution in [2.75, 3.05) is 46.8 Å². The number of fused-ring (bicyclic) bond motifs is 3. The molecular weight excluding hydrogens is 602 g/mol. The molecule has 0 bridgehead atoms. The number of benzene rings is 1. The zero-order valence-electron chi connectivity index (χ0n) is 25.6. The summed E-state index contributed by atoms with van der Waals surface area (Å²) in [6, 6.07) is 4.10. The van der Waals surface area contributed by atoms with Crippen LogP contribution < -0.4 is 9.47 Å². The van der Waals surface area contributed by atoms with Gasteiger partial charge in [0.15, 0.2) is 17.8 Å². The average molecular weight is 642 g/mol. The molecule has 1 aromatic carbocycles. The molecule has 4 unspecified atom stereocenters. The summed E-state index contributed by atoms with van der Waals surface area (Å²) in [4.78, 5) is 28.0. The van der Waals surface area contributed by atoms with Gasteiger partial charge in [-0.15, -0.1) is 6.58 Å². The SMILES string of the molecule is C=C[C@@]12C3=C(OC)[C@@H](COC(=O)[C@@]4(C/C=C/COC5OC(CO)C(O)C5O)CC(=O)O4)[C@H]1c1cc4c(cc1CCN2CC3)OCO4. The van der Waals surface area contributed by atoms with Crippen molar-refractivity contribution in [1.29, 1.82) is 0 Å². The Hall–Kier alpha value is -3.46. The van der Waals surface area contributed by atoms with Crippen LogP contribution in [0.15, 0.2) is 48.3 Å². The second-order valence-corrected chi connectivity index (χ2v) is 12.5. The quantitative estimate of drug-likeness (QED) is 0.231. The fraction of sp³-hybridized carbons (Fsp3) is 0.576. The predicted octanol–water partition coefficient (Wildman–Crippen LogP) is 0.847. The van der Waals surface area contributed by atoms with E-state index < -0.39 is 54.3 Å². The topological polar surface area (TPSA) is 163 Å². The number of nitrogens with zero attached hydrogens (tertiary/aromatic N) is 1. The summed E-state index contributed by atoms with van der Waals surface area (Å²) in [7, 11) is 1.64. The van der Waals surface area contributed by atoms with Crippen LogP contribution in [0.2, 0.25) is 0 Å². The van der Waals surface area contributed by atoms with Gasteiger partial charge >= 0.3 is 11.9 Å². The first kappa shape index (κ1) is 31.2. The van der Waals surface area contributed by atoms with Gasteiger partial charge in [-0.3, -0.25) is 9.69 Å². The van der Waals surface area contributed by atoms with Crippen LogP contribution in [0, 0.1) is 5.92 Å². The number of esters is 2. The van der Waals surface area contributed by atoms with Crippen LogP contribution in [-0.2, 0) is 39.7 Å². The van der Waals surface area contributed by atoms with E-state index in [0.29, 0.717) is 5.75 Å². The van der Waals surface area contributed by atoms with E-state index in [9.17, 15) is 24.9 Å².